The van der Waals surface area contributed by atoms with Gasteiger partial charge in [0.05, 0.1) is 12.7 Å². The molecule has 1 aromatic carbocycles. The minimum Gasteiger partial charge on any atom is -0.490 e. The quantitative estimate of drug-likeness (QED) is 0.473. The number of unbranched alkanes of at least 4 members (excludes halogenated alkanes) is 1. The van der Waals surface area contributed by atoms with E-state index in [0.29, 0.717) is 12.2 Å². The highest BCUT2D eigenvalue weighted by atomic mass is 28.4. The fourth-order valence-electron chi connectivity index (χ4n) is 1.84. The van der Waals surface area contributed by atoms with Gasteiger partial charge >= 0.3 is 6.61 Å². The first-order chi connectivity index (χ1) is 10.8. The summed E-state index contributed by atoms with van der Waals surface area (Å²) >= 11 is 0. The number of nitriles is 1. The van der Waals surface area contributed by atoms with Gasteiger partial charge in [-0.3, -0.25) is 0 Å². The summed E-state index contributed by atoms with van der Waals surface area (Å²) in [4.78, 5) is 0. The second-order valence-corrected chi connectivity index (χ2v) is 10.5. The number of halogens is 2. The van der Waals surface area contributed by atoms with Gasteiger partial charge in [0.25, 0.3) is 0 Å². The molecule has 0 spiro atoms. The molecule has 128 valence electrons. The highest BCUT2D eigenvalue weighted by Crippen LogP contribution is 2.33. The number of ether oxygens (including phenoxy) is 2. The second kappa shape index (κ2) is 8.84. The van der Waals surface area contributed by atoms with Crippen LogP contribution in [0.3, 0.4) is 0 Å². The van der Waals surface area contributed by atoms with Crippen molar-refractivity contribution in [1.82, 2.24) is 0 Å². The number of hydrogen-bond acceptors (Lipinski definition) is 4. The zero-order valence-corrected chi connectivity index (χ0v) is 14.9. The van der Waals surface area contributed by atoms with E-state index in [-0.39, 0.29) is 11.5 Å². The van der Waals surface area contributed by atoms with Gasteiger partial charge in [0.1, 0.15) is 0 Å². The van der Waals surface area contributed by atoms with Crippen molar-refractivity contribution >= 4 is 8.32 Å². The molecule has 0 bridgehead atoms. The summed E-state index contributed by atoms with van der Waals surface area (Å²) < 4.78 is 40.8. The normalized spacial score (nSPS) is 12.8. The van der Waals surface area contributed by atoms with Crippen LogP contribution in [-0.4, -0.2) is 21.5 Å². The number of nitrogens with zero attached hydrogens (tertiary/aromatic N) is 1. The van der Waals surface area contributed by atoms with Gasteiger partial charge in [-0.1, -0.05) is 19.4 Å². The molecule has 0 amide bonds. The predicted molar refractivity (Wildman–Crippen MR) is 86.3 cm³/mol. The Labute approximate surface area is 137 Å². The average Bonchev–Trinajstić information content (AvgIpc) is 2.45. The molecule has 0 saturated heterocycles. The van der Waals surface area contributed by atoms with Crippen molar-refractivity contribution < 1.29 is 22.7 Å². The van der Waals surface area contributed by atoms with Crippen molar-refractivity contribution in [2.24, 2.45) is 0 Å². The lowest BCUT2D eigenvalue weighted by Crippen LogP contribution is -2.27. The van der Waals surface area contributed by atoms with Crippen LogP contribution in [0.5, 0.6) is 11.5 Å². The van der Waals surface area contributed by atoms with Gasteiger partial charge in [-0.2, -0.15) is 14.0 Å². The van der Waals surface area contributed by atoms with Crippen LogP contribution in [0.2, 0.25) is 19.6 Å². The molecule has 0 fully saturated rings. The largest absolute Gasteiger partial charge is 0.490 e. The lowest BCUT2D eigenvalue weighted by atomic mass is 10.1. The Hall–Kier alpha value is -1.65. The van der Waals surface area contributed by atoms with E-state index in [1.54, 1.807) is 12.1 Å². The zero-order chi connectivity index (χ0) is 17.5. The van der Waals surface area contributed by atoms with Crippen molar-refractivity contribution in [3.63, 3.8) is 0 Å². The second-order valence-electron chi connectivity index (χ2n) is 6.03. The zero-order valence-electron chi connectivity index (χ0n) is 13.9. The molecule has 4 nitrogen and oxygen atoms in total. The van der Waals surface area contributed by atoms with Gasteiger partial charge in [-0.25, -0.2) is 0 Å². The molecule has 0 aliphatic rings. The van der Waals surface area contributed by atoms with Crippen LogP contribution in [0.25, 0.3) is 0 Å². The van der Waals surface area contributed by atoms with Crippen LogP contribution in [0.1, 0.15) is 31.4 Å². The first-order valence-electron chi connectivity index (χ1n) is 7.55. The molecular formula is C16H23F2NO3Si. The molecule has 0 heterocycles. The maximum Gasteiger partial charge on any atom is 0.387 e. The van der Waals surface area contributed by atoms with Gasteiger partial charge in [0.15, 0.2) is 25.9 Å². The molecule has 1 aromatic rings. The van der Waals surface area contributed by atoms with Crippen molar-refractivity contribution in [3.8, 4) is 17.6 Å². The van der Waals surface area contributed by atoms with Crippen LogP contribution in [0.15, 0.2) is 18.2 Å². The minimum atomic E-state index is -2.93. The van der Waals surface area contributed by atoms with E-state index in [2.05, 4.69) is 10.8 Å². The lowest BCUT2D eigenvalue weighted by Gasteiger charge is -2.22. The summed E-state index contributed by atoms with van der Waals surface area (Å²) in [6.07, 6.45) is 0.964. The Kier molecular flexibility index (Phi) is 7.46. The molecule has 0 aliphatic heterocycles. The number of alkyl halides is 2. The van der Waals surface area contributed by atoms with Gasteiger partial charge < -0.3 is 13.9 Å². The SMILES string of the molecule is CCCCOc1cc(C(C#N)O[Si](C)(C)C)ccc1OC(F)F. The lowest BCUT2D eigenvalue weighted by molar-refractivity contribution is -0.0515. The first-order valence-corrected chi connectivity index (χ1v) is 11.0. The molecule has 0 N–H and O–H groups in total. The Bertz CT molecular complexity index is 541. The molecule has 0 radical (unpaired) electrons. The van der Waals surface area contributed by atoms with Crippen molar-refractivity contribution in [2.45, 2.75) is 52.1 Å². The Balaban J connectivity index is 3.05. The minimum absolute atomic E-state index is 0.0375. The third-order valence-corrected chi connectivity index (χ3v) is 3.77. The van der Waals surface area contributed by atoms with E-state index in [9.17, 15) is 14.0 Å². The van der Waals surface area contributed by atoms with Crippen molar-refractivity contribution in [1.29, 1.82) is 5.26 Å². The first kappa shape index (κ1) is 19.4. The number of rotatable bonds is 9. The molecule has 0 aliphatic carbocycles. The van der Waals surface area contributed by atoms with E-state index < -0.39 is 21.0 Å². The Morgan fingerprint density at radius 1 is 1.22 bits per heavy atom. The van der Waals surface area contributed by atoms with Gasteiger partial charge in [-0.05, 0) is 43.8 Å². The summed E-state index contributed by atoms with van der Waals surface area (Å²) in [7, 11) is -1.93. The molecule has 0 aromatic heterocycles. The van der Waals surface area contributed by atoms with E-state index in [1.807, 2.05) is 26.6 Å². The van der Waals surface area contributed by atoms with E-state index >= 15 is 0 Å². The summed E-state index contributed by atoms with van der Waals surface area (Å²) in [6.45, 7) is 5.40. The monoisotopic (exact) mass is 343 g/mol. The van der Waals surface area contributed by atoms with Crippen LogP contribution < -0.4 is 9.47 Å². The van der Waals surface area contributed by atoms with Gasteiger partial charge in [-0.15, -0.1) is 0 Å². The summed E-state index contributed by atoms with van der Waals surface area (Å²) in [6, 6.07) is 6.58. The van der Waals surface area contributed by atoms with Crippen LogP contribution in [0, 0.1) is 11.3 Å². The third kappa shape index (κ3) is 6.97. The smallest absolute Gasteiger partial charge is 0.387 e. The average molecular weight is 343 g/mol. The topological polar surface area (TPSA) is 51.5 Å². The third-order valence-electron chi connectivity index (χ3n) is 2.83. The molecule has 23 heavy (non-hydrogen) atoms. The van der Waals surface area contributed by atoms with E-state index in [0.717, 1.165) is 12.8 Å². The molecule has 1 unspecified atom stereocenters. The highest BCUT2D eigenvalue weighted by molar-refractivity contribution is 6.69. The van der Waals surface area contributed by atoms with Crippen LogP contribution in [0.4, 0.5) is 8.78 Å². The van der Waals surface area contributed by atoms with Crippen molar-refractivity contribution in [3.05, 3.63) is 23.8 Å². The molecule has 7 heteroatoms. The molecular weight excluding hydrogens is 320 g/mol. The van der Waals surface area contributed by atoms with E-state index in [4.69, 9.17) is 9.16 Å². The number of benzene rings is 1. The predicted octanol–water partition coefficient (Wildman–Crippen LogP) is 4.88. The van der Waals surface area contributed by atoms with E-state index in [1.165, 1.54) is 6.07 Å². The van der Waals surface area contributed by atoms with Gasteiger partial charge in [0.2, 0.25) is 0 Å². The summed E-state index contributed by atoms with van der Waals surface area (Å²) in [5, 5.41) is 9.32. The standard InChI is InChI=1S/C16H23F2NO3Si/c1-5-6-9-20-14-10-12(7-8-13(14)21-16(17)18)15(11-19)22-23(2,3)4/h7-8,10,15-16H,5-6,9H2,1-4H3. The van der Waals surface area contributed by atoms with Crippen molar-refractivity contribution in [2.75, 3.05) is 6.61 Å². The molecule has 0 saturated carbocycles. The maximum absolute atomic E-state index is 12.5. The fraction of sp³-hybridized carbons (Fsp3) is 0.562. The number of hydrogen-bond donors (Lipinski definition) is 0. The van der Waals surface area contributed by atoms with Gasteiger partial charge in [0, 0.05) is 0 Å². The summed E-state index contributed by atoms with van der Waals surface area (Å²) in [5.74, 6) is 0.167. The maximum atomic E-state index is 12.5. The Morgan fingerprint density at radius 3 is 2.43 bits per heavy atom. The highest BCUT2D eigenvalue weighted by Gasteiger charge is 2.23. The molecule has 1 rings (SSSR count). The van der Waals surface area contributed by atoms with Crippen LogP contribution >= 0.6 is 0 Å². The fourth-order valence-corrected chi connectivity index (χ4v) is 2.74. The summed E-state index contributed by atoms with van der Waals surface area (Å²) in [5.41, 5.74) is 0.572. The van der Waals surface area contributed by atoms with Crippen LogP contribution in [-0.2, 0) is 4.43 Å². The Morgan fingerprint density at radius 2 is 1.91 bits per heavy atom. The molecule has 1 atom stereocenters.